The van der Waals surface area contributed by atoms with Crippen molar-refractivity contribution in [2.45, 2.75) is 0 Å². The number of hydrogen-bond acceptors (Lipinski definition) is 1. The van der Waals surface area contributed by atoms with Gasteiger partial charge < -0.3 is 0 Å². The number of aromatic nitrogens is 2. The summed E-state index contributed by atoms with van der Waals surface area (Å²) in [6.07, 6.45) is 1.49. The van der Waals surface area contributed by atoms with E-state index in [1.54, 1.807) is 12.1 Å². The van der Waals surface area contributed by atoms with E-state index in [0.29, 0.717) is 10.4 Å². The molecule has 56 valence electrons. The Morgan fingerprint density at radius 2 is 2.27 bits per heavy atom. The first-order chi connectivity index (χ1) is 5.29. The molecule has 0 spiro atoms. The summed E-state index contributed by atoms with van der Waals surface area (Å²) in [6.45, 7) is 0. The van der Waals surface area contributed by atoms with Gasteiger partial charge in [-0.2, -0.15) is 0 Å². The van der Waals surface area contributed by atoms with Gasteiger partial charge in [-0.25, -0.2) is 0 Å². The van der Waals surface area contributed by atoms with Crippen LogP contribution in [0, 0.1) is 0 Å². The molecular weight excluding hydrogens is 211 g/mol. The Bertz CT molecular complexity index is 396. The monoisotopic (exact) mass is 214 g/mol. The van der Waals surface area contributed by atoms with Crippen molar-refractivity contribution >= 4 is 26.8 Å². The molecule has 0 atom stereocenters. The number of nitrogens with zero attached hydrogens (tertiary/aromatic N) is 2. The Labute approximate surface area is 70.7 Å². The number of benzene rings is 1. The summed E-state index contributed by atoms with van der Waals surface area (Å²) in [5.41, 5.74) is 0.486. The van der Waals surface area contributed by atoms with Gasteiger partial charge in [0.1, 0.15) is 5.52 Å². The summed E-state index contributed by atoms with van der Waals surface area (Å²) < 4.78 is 13.6. The highest BCUT2D eigenvalue weighted by atomic mass is 79.9. The summed E-state index contributed by atoms with van der Waals surface area (Å²) in [5.74, 6) is 0. The van der Waals surface area contributed by atoms with Crippen molar-refractivity contribution in [3.8, 4) is 0 Å². The highest BCUT2D eigenvalue weighted by molar-refractivity contribution is 9.10. The van der Waals surface area contributed by atoms with Gasteiger partial charge >= 0.3 is 0 Å². The lowest BCUT2D eigenvalue weighted by Gasteiger charge is -1.90. The third kappa shape index (κ3) is 0.939. The minimum absolute atomic E-state index is 0.361. The molecule has 11 heavy (non-hydrogen) atoms. The molecule has 0 unspecified atom stereocenters. The van der Waals surface area contributed by atoms with Gasteiger partial charge in [-0.15, -0.1) is 5.10 Å². The van der Waals surface area contributed by atoms with Crippen molar-refractivity contribution in [2.75, 3.05) is 0 Å². The van der Waals surface area contributed by atoms with Crippen molar-refractivity contribution < 1.29 is 4.48 Å². The molecule has 0 N–H and O–H groups in total. The largest absolute Gasteiger partial charge is 0.150 e. The van der Waals surface area contributed by atoms with Crippen molar-refractivity contribution in [3.63, 3.8) is 0 Å². The van der Waals surface area contributed by atoms with E-state index in [-0.39, 0.29) is 0 Å². The zero-order valence-corrected chi connectivity index (χ0v) is 7.05. The van der Waals surface area contributed by atoms with Crippen molar-refractivity contribution in [1.29, 1.82) is 0 Å². The molecule has 2 aromatic rings. The smallest absolute Gasteiger partial charge is 0.105 e. The van der Waals surface area contributed by atoms with Gasteiger partial charge in [0.05, 0.1) is 6.20 Å². The summed E-state index contributed by atoms with van der Waals surface area (Å²) in [5, 5.41) is 4.26. The number of fused-ring (bicyclic) bond motifs is 1. The Hall–Kier alpha value is -0.900. The minimum Gasteiger partial charge on any atom is -0.150 e. The van der Waals surface area contributed by atoms with Gasteiger partial charge in [0.2, 0.25) is 0 Å². The molecule has 0 aliphatic rings. The Balaban J connectivity index is 2.94. The predicted molar refractivity (Wildman–Crippen MR) is 43.9 cm³/mol. The Kier molecular flexibility index (Phi) is 1.42. The average molecular weight is 215 g/mol. The van der Waals surface area contributed by atoms with Gasteiger partial charge in [0, 0.05) is 9.86 Å². The van der Waals surface area contributed by atoms with Crippen LogP contribution in [0.3, 0.4) is 0 Å². The lowest BCUT2D eigenvalue weighted by atomic mass is 10.3. The van der Waals surface area contributed by atoms with Gasteiger partial charge in [-0.3, -0.25) is 0 Å². The maximum atomic E-state index is 12.7. The lowest BCUT2D eigenvalue weighted by molar-refractivity contribution is 0.332. The van der Waals surface area contributed by atoms with E-state index in [4.69, 9.17) is 0 Å². The third-order valence-corrected chi connectivity index (χ3v) is 2.21. The molecule has 2 nitrogen and oxygen atoms in total. The fourth-order valence-electron chi connectivity index (χ4n) is 0.985. The SMILES string of the molecule is Fn1ncc2c(Br)cccc21. The van der Waals surface area contributed by atoms with Crippen LogP contribution >= 0.6 is 15.9 Å². The molecule has 0 aliphatic carbocycles. The molecule has 1 heterocycles. The maximum Gasteiger partial charge on any atom is 0.105 e. The number of rotatable bonds is 0. The lowest BCUT2D eigenvalue weighted by Crippen LogP contribution is -1.81. The first-order valence-electron chi connectivity index (χ1n) is 3.07. The molecule has 2 rings (SSSR count). The quantitative estimate of drug-likeness (QED) is 0.660. The normalized spacial score (nSPS) is 10.7. The van der Waals surface area contributed by atoms with Gasteiger partial charge in [0.25, 0.3) is 0 Å². The molecule has 4 heteroatoms. The second-order valence-corrected chi connectivity index (χ2v) is 3.03. The molecule has 0 bridgehead atoms. The van der Waals surface area contributed by atoms with Crippen molar-refractivity contribution in [1.82, 2.24) is 10.0 Å². The first-order valence-corrected chi connectivity index (χ1v) is 3.87. The van der Waals surface area contributed by atoms with E-state index in [1.165, 1.54) is 6.20 Å². The van der Waals surface area contributed by atoms with E-state index in [2.05, 4.69) is 21.0 Å². The summed E-state index contributed by atoms with van der Waals surface area (Å²) >= 11 is 3.29. The fourth-order valence-corrected chi connectivity index (χ4v) is 1.44. The minimum atomic E-state index is 0.361. The van der Waals surface area contributed by atoms with Crippen LogP contribution in [0.1, 0.15) is 0 Å². The molecule has 0 aliphatic heterocycles. The van der Waals surface area contributed by atoms with Crippen molar-refractivity contribution in [2.24, 2.45) is 0 Å². The maximum absolute atomic E-state index is 12.7. The highest BCUT2D eigenvalue weighted by Gasteiger charge is 2.02. The average Bonchev–Trinajstić information content (AvgIpc) is 2.35. The van der Waals surface area contributed by atoms with E-state index in [1.807, 2.05) is 6.07 Å². The van der Waals surface area contributed by atoms with Crippen LogP contribution in [0.5, 0.6) is 0 Å². The predicted octanol–water partition coefficient (Wildman–Crippen LogP) is 2.53. The van der Waals surface area contributed by atoms with Gasteiger partial charge in [-0.05, 0) is 12.1 Å². The van der Waals surface area contributed by atoms with Crippen LogP contribution in [0.2, 0.25) is 0 Å². The van der Waals surface area contributed by atoms with E-state index in [0.717, 1.165) is 9.86 Å². The van der Waals surface area contributed by atoms with E-state index >= 15 is 0 Å². The topological polar surface area (TPSA) is 17.8 Å². The number of halogens is 2. The second-order valence-electron chi connectivity index (χ2n) is 2.18. The van der Waals surface area contributed by atoms with Crippen LogP contribution < -0.4 is 0 Å². The van der Waals surface area contributed by atoms with Crippen LogP contribution in [-0.2, 0) is 0 Å². The Morgan fingerprint density at radius 3 is 3.00 bits per heavy atom. The molecule has 0 amide bonds. The van der Waals surface area contributed by atoms with Crippen LogP contribution in [-0.4, -0.2) is 10.0 Å². The zero-order valence-electron chi connectivity index (χ0n) is 5.46. The summed E-state index contributed by atoms with van der Waals surface area (Å²) in [4.78, 5) is 0.361. The third-order valence-electron chi connectivity index (χ3n) is 1.52. The van der Waals surface area contributed by atoms with Gasteiger partial charge in [-0.1, -0.05) is 31.4 Å². The summed E-state index contributed by atoms with van der Waals surface area (Å²) in [7, 11) is 0. The zero-order chi connectivity index (χ0) is 7.84. The van der Waals surface area contributed by atoms with Gasteiger partial charge in [0.15, 0.2) is 0 Å². The summed E-state index contributed by atoms with van der Waals surface area (Å²) in [6, 6.07) is 5.29. The van der Waals surface area contributed by atoms with Crippen LogP contribution in [0.15, 0.2) is 28.9 Å². The second kappa shape index (κ2) is 2.30. The molecule has 0 saturated carbocycles. The fraction of sp³-hybridized carbons (Fsp3) is 0. The molecule has 0 saturated heterocycles. The first kappa shape index (κ1) is 6.79. The molecule has 0 fully saturated rings. The van der Waals surface area contributed by atoms with E-state index in [9.17, 15) is 4.48 Å². The molecule has 0 radical (unpaired) electrons. The Morgan fingerprint density at radius 1 is 1.45 bits per heavy atom. The van der Waals surface area contributed by atoms with Crippen LogP contribution in [0.4, 0.5) is 4.48 Å². The van der Waals surface area contributed by atoms with Crippen molar-refractivity contribution in [3.05, 3.63) is 28.9 Å². The molecular formula is C7H4BrFN2. The molecule has 1 aromatic heterocycles. The number of hydrogen-bond donors (Lipinski definition) is 0. The highest BCUT2D eigenvalue weighted by Crippen LogP contribution is 2.22. The van der Waals surface area contributed by atoms with E-state index < -0.39 is 0 Å². The van der Waals surface area contributed by atoms with Crippen LogP contribution in [0.25, 0.3) is 10.9 Å². The standard InChI is InChI=1S/C7H4BrFN2/c8-6-2-1-3-7-5(6)4-10-11(7)9/h1-4H. The molecule has 1 aromatic carbocycles.